The predicted molar refractivity (Wildman–Crippen MR) is 306 cm³/mol. The van der Waals surface area contributed by atoms with Crippen LogP contribution in [0.4, 0.5) is 17.1 Å². The summed E-state index contributed by atoms with van der Waals surface area (Å²) in [5.74, 6) is 0. The topological polar surface area (TPSA) is 8.17 Å². The molecule has 0 aliphatic rings. The number of benzene rings is 12. The van der Waals surface area contributed by atoms with Crippen LogP contribution in [0.3, 0.4) is 0 Å². The first kappa shape index (κ1) is 42.6. The maximum absolute atomic E-state index is 2.39. The number of hydrogen-bond acceptors (Lipinski definition) is 1. The second-order valence-electron chi connectivity index (χ2n) is 18.5. The molecule has 12 aromatic carbocycles. The molecule has 2 heteroatoms. The number of aromatic nitrogens is 1. The molecular weight excluding hydrogens is 869 g/mol. The van der Waals surface area contributed by atoms with Gasteiger partial charge in [-0.25, -0.2) is 0 Å². The van der Waals surface area contributed by atoms with Crippen LogP contribution in [0.2, 0.25) is 0 Å². The molecule has 13 rings (SSSR count). The van der Waals surface area contributed by atoms with Gasteiger partial charge in [0.05, 0.1) is 11.0 Å². The lowest BCUT2D eigenvalue weighted by Crippen LogP contribution is -2.09. The van der Waals surface area contributed by atoms with Crippen LogP contribution in [0.5, 0.6) is 0 Å². The molecule has 0 saturated heterocycles. The monoisotopic (exact) mass is 916 g/mol. The molecule has 338 valence electrons. The van der Waals surface area contributed by atoms with E-state index in [0.29, 0.717) is 0 Å². The van der Waals surface area contributed by atoms with Crippen molar-refractivity contribution in [2.45, 2.75) is 0 Å². The lowest BCUT2D eigenvalue weighted by atomic mass is 9.87. The Bertz CT molecular complexity index is 4020. The minimum atomic E-state index is 1.08. The van der Waals surface area contributed by atoms with Crippen LogP contribution < -0.4 is 4.90 Å². The zero-order chi connectivity index (χ0) is 47.8. The molecule has 0 radical (unpaired) electrons. The lowest BCUT2D eigenvalue weighted by molar-refractivity contribution is 1.18. The van der Waals surface area contributed by atoms with Gasteiger partial charge in [0.25, 0.3) is 0 Å². The van der Waals surface area contributed by atoms with Crippen molar-refractivity contribution in [3.63, 3.8) is 0 Å². The van der Waals surface area contributed by atoms with Crippen molar-refractivity contribution in [3.8, 4) is 72.4 Å². The van der Waals surface area contributed by atoms with Crippen LogP contribution in [0, 0.1) is 0 Å². The highest BCUT2D eigenvalue weighted by Crippen LogP contribution is 2.43. The van der Waals surface area contributed by atoms with E-state index in [1.807, 2.05) is 0 Å². The molecule has 0 amide bonds. The van der Waals surface area contributed by atoms with Gasteiger partial charge in [0.1, 0.15) is 0 Å². The highest BCUT2D eigenvalue weighted by atomic mass is 15.1. The number of nitrogens with zero attached hydrogens (tertiary/aromatic N) is 2. The smallest absolute Gasteiger partial charge is 0.0541 e. The van der Waals surface area contributed by atoms with E-state index in [1.54, 1.807) is 0 Å². The summed E-state index contributed by atoms with van der Waals surface area (Å²) >= 11 is 0. The highest BCUT2D eigenvalue weighted by Gasteiger charge is 2.18. The lowest BCUT2D eigenvalue weighted by Gasteiger charge is -2.26. The molecule has 0 unspecified atom stereocenters. The third kappa shape index (κ3) is 7.82. The summed E-state index contributed by atoms with van der Waals surface area (Å²) in [7, 11) is 0. The minimum absolute atomic E-state index is 1.08. The second-order valence-corrected chi connectivity index (χ2v) is 18.5. The van der Waals surface area contributed by atoms with E-state index in [9.17, 15) is 0 Å². The van der Waals surface area contributed by atoms with E-state index >= 15 is 0 Å². The molecule has 0 aliphatic carbocycles. The Morgan fingerprint density at radius 2 is 0.597 bits per heavy atom. The quantitative estimate of drug-likeness (QED) is 0.133. The molecule has 2 nitrogen and oxygen atoms in total. The Kier molecular flexibility index (Phi) is 10.9. The third-order valence-corrected chi connectivity index (χ3v) is 14.2. The van der Waals surface area contributed by atoms with Gasteiger partial charge in [0.15, 0.2) is 0 Å². The maximum atomic E-state index is 2.39. The maximum Gasteiger partial charge on any atom is 0.0541 e. The molecule has 0 spiro atoms. The van der Waals surface area contributed by atoms with Crippen molar-refractivity contribution in [1.29, 1.82) is 0 Å². The molecule has 13 aromatic rings. The van der Waals surface area contributed by atoms with Crippen molar-refractivity contribution in [2.75, 3.05) is 4.90 Å². The molecule has 1 aromatic heterocycles. The Balaban J connectivity index is 0.873. The van der Waals surface area contributed by atoms with Gasteiger partial charge in [-0.2, -0.15) is 0 Å². The van der Waals surface area contributed by atoms with Crippen LogP contribution in [0.25, 0.3) is 105 Å². The summed E-state index contributed by atoms with van der Waals surface area (Å²) in [6.07, 6.45) is 0. The van der Waals surface area contributed by atoms with Gasteiger partial charge in [0, 0.05) is 33.5 Å². The number of para-hydroxylation sites is 2. The molecular formula is C70H48N2. The van der Waals surface area contributed by atoms with Gasteiger partial charge >= 0.3 is 0 Å². The number of hydrogen-bond donors (Lipinski definition) is 0. The number of fused-ring (bicyclic) bond motifs is 4. The van der Waals surface area contributed by atoms with Crippen LogP contribution in [0.15, 0.2) is 291 Å². The first-order valence-corrected chi connectivity index (χ1v) is 24.7. The van der Waals surface area contributed by atoms with Crippen molar-refractivity contribution in [2.24, 2.45) is 0 Å². The molecule has 0 N–H and O–H groups in total. The zero-order valence-corrected chi connectivity index (χ0v) is 39.6. The standard InChI is InChI=1S/C70H48N2/c1-2-18-52(19-3-1)61-23-6-8-25-63(61)65-27-10-11-28-66(65)64-26-9-7-24-62(64)53-39-45-59(46-40-53)71(58-43-37-51(38-44-58)56-34-33-49-17-4-5-20-54(49)47-56)57-41-35-50(36-42-57)55-21-16-22-60(48-55)72-69-31-14-12-29-67(69)68-30-13-15-32-70(68)72/h1-48H. The van der Waals surface area contributed by atoms with Crippen molar-refractivity contribution >= 4 is 49.6 Å². The van der Waals surface area contributed by atoms with E-state index in [2.05, 4.69) is 301 Å². The van der Waals surface area contributed by atoms with Gasteiger partial charge in [-0.15, -0.1) is 0 Å². The van der Waals surface area contributed by atoms with Gasteiger partial charge in [-0.1, -0.05) is 224 Å². The van der Waals surface area contributed by atoms with Gasteiger partial charge in [-0.05, 0) is 144 Å². The first-order chi connectivity index (χ1) is 35.7. The summed E-state index contributed by atoms with van der Waals surface area (Å²) in [6, 6.07) is 106. The average molecular weight is 917 g/mol. The van der Waals surface area contributed by atoms with Crippen molar-refractivity contribution in [3.05, 3.63) is 291 Å². The Morgan fingerprint density at radius 3 is 1.14 bits per heavy atom. The Hall–Kier alpha value is -9.50. The van der Waals surface area contributed by atoms with Gasteiger partial charge in [-0.3, -0.25) is 0 Å². The summed E-state index contributed by atoms with van der Waals surface area (Å²) in [5, 5.41) is 5.01. The summed E-state index contributed by atoms with van der Waals surface area (Å²) in [5.41, 5.74) is 21.1. The van der Waals surface area contributed by atoms with Crippen LogP contribution >= 0.6 is 0 Å². The fourth-order valence-electron chi connectivity index (χ4n) is 10.7. The van der Waals surface area contributed by atoms with E-state index < -0.39 is 0 Å². The number of rotatable bonds is 10. The van der Waals surface area contributed by atoms with Gasteiger partial charge < -0.3 is 9.47 Å². The Labute approximate surface area is 420 Å². The van der Waals surface area contributed by atoms with Crippen LogP contribution in [0.1, 0.15) is 0 Å². The molecule has 0 saturated carbocycles. The highest BCUT2D eigenvalue weighted by molar-refractivity contribution is 6.09. The second kappa shape index (κ2) is 18.4. The molecule has 0 bridgehead atoms. The largest absolute Gasteiger partial charge is 0.311 e. The summed E-state index contributed by atoms with van der Waals surface area (Å²) in [6.45, 7) is 0. The summed E-state index contributed by atoms with van der Waals surface area (Å²) < 4.78 is 2.39. The van der Waals surface area contributed by atoms with E-state index in [-0.39, 0.29) is 0 Å². The number of anilines is 3. The van der Waals surface area contributed by atoms with Gasteiger partial charge in [0.2, 0.25) is 0 Å². The van der Waals surface area contributed by atoms with E-state index in [1.165, 1.54) is 88.2 Å². The van der Waals surface area contributed by atoms with Crippen molar-refractivity contribution in [1.82, 2.24) is 4.57 Å². The molecule has 0 fully saturated rings. The van der Waals surface area contributed by atoms with Crippen molar-refractivity contribution < 1.29 is 0 Å². The normalized spacial score (nSPS) is 11.3. The molecule has 72 heavy (non-hydrogen) atoms. The first-order valence-electron chi connectivity index (χ1n) is 24.7. The van der Waals surface area contributed by atoms with Crippen LogP contribution in [-0.2, 0) is 0 Å². The van der Waals surface area contributed by atoms with E-state index in [4.69, 9.17) is 0 Å². The van der Waals surface area contributed by atoms with Crippen LogP contribution in [-0.4, -0.2) is 4.57 Å². The average Bonchev–Trinajstić information content (AvgIpc) is 3.80. The minimum Gasteiger partial charge on any atom is -0.311 e. The Morgan fingerprint density at radius 1 is 0.222 bits per heavy atom. The predicted octanol–water partition coefficient (Wildman–Crippen LogP) is 19.4. The fourth-order valence-corrected chi connectivity index (χ4v) is 10.7. The zero-order valence-electron chi connectivity index (χ0n) is 39.6. The third-order valence-electron chi connectivity index (χ3n) is 14.2. The SMILES string of the molecule is c1ccc(-c2ccccc2-c2ccccc2-c2ccccc2-c2ccc(N(c3ccc(-c4cccc(-n5c6ccccc6c6ccccc65)c4)cc3)c3ccc(-c4ccc5ccccc5c4)cc3)cc2)cc1. The molecule has 0 atom stereocenters. The fraction of sp³-hybridized carbons (Fsp3) is 0. The van der Waals surface area contributed by atoms with E-state index in [0.717, 1.165) is 33.9 Å². The molecule has 1 heterocycles. The summed E-state index contributed by atoms with van der Waals surface area (Å²) in [4.78, 5) is 2.37. The molecule has 0 aliphatic heterocycles.